The summed E-state index contributed by atoms with van der Waals surface area (Å²) in [6.45, 7) is 0. The molecule has 0 unspecified atom stereocenters. The zero-order chi connectivity index (χ0) is 18.9. The number of methoxy groups -OCH3 is 1. The molecule has 4 rings (SSSR count). The summed E-state index contributed by atoms with van der Waals surface area (Å²) in [4.78, 5) is 9.20. The van der Waals surface area contributed by atoms with E-state index < -0.39 is 5.60 Å². The number of hydrogen-bond donors (Lipinski definition) is 0. The SMILES string of the molecule is COC1(c2nc3c(c(-c4ccnc(Cl)c4)c2C#N)CCCCC3)CCCC1. The third kappa shape index (κ3) is 3.24. The summed E-state index contributed by atoms with van der Waals surface area (Å²) in [6.07, 6.45) is 11.1. The van der Waals surface area contributed by atoms with Crippen LogP contribution >= 0.6 is 11.6 Å². The highest BCUT2D eigenvalue weighted by atomic mass is 35.5. The van der Waals surface area contributed by atoms with Gasteiger partial charge in [-0.1, -0.05) is 30.9 Å². The van der Waals surface area contributed by atoms with Crippen LogP contribution in [0.5, 0.6) is 0 Å². The van der Waals surface area contributed by atoms with E-state index in [-0.39, 0.29) is 0 Å². The normalized spacial score (nSPS) is 18.6. The minimum Gasteiger partial charge on any atom is -0.372 e. The topological polar surface area (TPSA) is 58.8 Å². The van der Waals surface area contributed by atoms with Crippen molar-refractivity contribution in [3.63, 3.8) is 0 Å². The lowest BCUT2D eigenvalue weighted by molar-refractivity contribution is -0.0127. The van der Waals surface area contributed by atoms with Gasteiger partial charge in [-0.2, -0.15) is 5.26 Å². The molecular weight excluding hydrogens is 358 g/mol. The molecule has 2 aliphatic rings. The molecule has 5 heteroatoms. The van der Waals surface area contributed by atoms with Crippen molar-refractivity contribution in [3.05, 3.63) is 46.0 Å². The highest BCUT2D eigenvalue weighted by Gasteiger charge is 2.41. The molecular formula is C22H24ClN3O. The fourth-order valence-electron chi connectivity index (χ4n) is 4.72. The van der Waals surface area contributed by atoms with Crippen LogP contribution in [0.15, 0.2) is 18.3 Å². The highest BCUT2D eigenvalue weighted by molar-refractivity contribution is 6.29. The lowest BCUT2D eigenvalue weighted by Crippen LogP contribution is -2.28. The Morgan fingerprint density at radius 3 is 2.63 bits per heavy atom. The summed E-state index contributed by atoms with van der Waals surface area (Å²) < 4.78 is 6.01. The number of aromatic nitrogens is 2. The molecule has 2 aromatic rings. The van der Waals surface area contributed by atoms with E-state index >= 15 is 0 Å². The first-order chi connectivity index (χ1) is 13.2. The molecule has 0 atom stereocenters. The van der Waals surface area contributed by atoms with Crippen LogP contribution in [-0.4, -0.2) is 17.1 Å². The molecule has 2 heterocycles. The van der Waals surface area contributed by atoms with Crippen LogP contribution in [0.1, 0.15) is 67.5 Å². The van der Waals surface area contributed by atoms with Crippen molar-refractivity contribution in [1.82, 2.24) is 9.97 Å². The van der Waals surface area contributed by atoms with Gasteiger partial charge in [-0.05, 0) is 61.8 Å². The number of nitriles is 1. The summed E-state index contributed by atoms with van der Waals surface area (Å²) in [6, 6.07) is 6.29. The van der Waals surface area contributed by atoms with Crippen LogP contribution < -0.4 is 0 Å². The smallest absolute Gasteiger partial charge is 0.129 e. The third-order valence-corrected chi connectivity index (χ3v) is 6.29. The minimum atomic E-state index is -0.446. The molecule has 0 spiro atoms. The van der Waals surface area contributed by atoms with Gasteiger partial charge in [-0.15, -0.1) is 0 Å². The lowest BCUT2D eigenvalue weighted by Gasteiger charge is -2.30. The van der Waals surface area contributed by atoms with E-state index in [9.17, 15) is 5.26 Å². The Morgan fingerprint density at radius 1 is 1.15 bits per heavy atom. The Balaban J connectivity index is 2.03. The van der Waals surface area contributed by atoms with E-state index in [2.05, 4.69) is 11.1 Å². The van der Waals surface area contributed by atoms with E-state index in [1.165, 1.54) is 12.0 Å². The standard InChI is InChI=1S/C22H24ClN3O/c1-27-22(10-5-6-11-22)21-17(14-24)20(15-9-12-25-19(23)13-15)16-7-3-2-4-8-18(16)26-21/h9,12-13H,2-8,10-11H2,1H3. The molecule has 0 saturated heterocycles. The second-order valence-corrected chi connectivity index (χ2v) is 7.97. The van der Waals surface area contributed by atoms with Crippen LogP contribution in [0.3, 0.4) is 0 Å². The molecule has 0 N–H and O–H groups in total. The maximum Gasteiger partial charge on any atom is 0.129 e. The molecule has 2 aromatic heterocycles. The van der Waals surface area contributed by atoms with Gasteiger partial charge < -0.3 is 4.74 Å². The Hall–Kier alpha value is -1.96. The van der Waals surface area contributed by atoms with Crippen LogP contribution in [-0.2, 0) is 23.2 Å². The zero-order valence-electron chi connectivity index (χ0n) is 15.7. The van der Waals surface area contributed by atoms with Crippen molar-refractivity contribution in [2.75, 3.05) is 7.11 Å². The van der Waals surface area contributed by atoms with Crippen LogP contribution in [0.4, 0.5) is 0 Å². The van der Waals surface area contributed by atoms with Gasteiger partial charge >= 0.3 is 0 Å². The number of aryl methyl sites for hydroxylation is 1. The number of nitrogens with zero attached hydrogens (tertiary/aromatic N) is 3. The van der Waals surface area contributed by atoms with Gasteiger partial charge in [0.25, 0.3) is 0 Å². The Bertz CT molecular complexity index is 897. The second-order valence-electron chi connectivity index (χ2n) is 7.58. The fourth-order valence-corrected chi connectivity index (χ4v) is 4.89. The molecule has 2 aliphatic carbocycles. The average molecular weight is 382 g/mol. The first-order valence-electron chi connectivity index (χ1n) is 9.82. The van der Waals surface area contributed by atoms with E-state index in [4.69, 9.17) is 21.3 Å². The van der Waals surface area contributed by atoms with Crippen molar-refractivity contribution >= 4 is 11.6 Å². The first-order valence-corrected chi connectivity index (χ1v) is 10.2. The first kappa shape index (κ1) is 18.4. The van der Waals surface area contributed by atoms with E-state index in [0.29, 0.717) is 10.7 Å². The molecule has 4 nitrogen and oxygen atoms in total. The molecule has 0 bridgehead atoms. The summed E-state index contributed by atoms with van der Waals surface area (Å²) in [5, 5.41) is 10.6. The summed E-state index contributed by atoms with van der Waals surface area (Å²) in [7, 11) is 1.75. The van der Waals surface area contributed by atoms with Crippen molar-refractivity contribution < 1.29 is 4.74 Å². The Kier molecular flexibility index (Phi) is 5.16. The van der Waals surface area contributed by atoms with Gasteiger partial charge in [0.2, 0.25) is 0 Å². The molecule has 0 radical (unpaired) electrons. The maximum absolute atomic E-state index is 10.2. The summed E-state index contributed by atoms with van der Waals surface area (Å²) in [5.41, 5.74) is 5.32. The summed E-state index contributed by atoms with van der Waals surface area (Å²) >= 11 is 6.19. The number of pyridine rings is 2. The van der Waals surface area contributed by atoms with Crippen molar-refractivity contribution in [2.24, 2.45) is 0 Å². The molecule has 0 amide bonds. The molecule has 140 valence electrons. The minimum absolute atomic E-state index is 0.444. The molecule has 1 fully saturated rings. The molecule has 27 heavy (non-hydrogen) atoms. The Labute approximate surface area is 165 Å². The van der Waals surface area contributed by atoms with Crippen LogP contribution in [0.2, 0.25) is 5.15 Å². The summed E-state index contributed by atoms with van der Waals surface area (Å²) in [5.74, 6) is 0. The third-order valence-electron chi connectivity index (χ3n) is 6.08. The van der Waals surface area contributed by atoms with Gasteiger partial charge in [-0.3, -0.25) is 4.98 Å². The maximum atomic E-state index is 10.2. The largest absolute Gasteiger partial charge is 0.372 e. The number of fused-ring (bicyclic) bond motifs is 1. The predicted octanol–water partition coefficient (Wildman–Crippen LogP) is 5.35. The fraction of sp³-hybridized carbons (Fsp3) is 0.500. The van der Waals surface area contributed by atoms with Crippen molar-refractivity contribution in [3.8, 4) is 17.2 Å². The average Bonchev–Trinajstić information content (AvgIpc) is 3.06. The van der Waals surface area contributed by atoms with E-state index in [1.54, 1.807) is 13.3 Å². The number of ether oxygens (including phenoxy) is 1. The van der Waals surface area contributed by atoms with E-state index in [0.717, 1.165) is 73.9 Å². The van der Waals surface area contributed by atoms with Crippen LogP contribution in [0, 0.1) is 11.3 Å². The zero-order valence-corrected chi connectivity index (χ0v) is 16.5. The second kappa shape index (κ2) is 7.58. The van der Waals surface area contributed by atoms with Crippen molar-refractivity contribution in [2.45, 2.75) is 63.4 Å². The quantitative estimate of drug-likeness (QED) is 0.531. The number of hydrogen-bond acceptors (Lipinski definition) is 4. The van der Waals surface area contributed by atoms with Crippen LogP contribution in [0.25, 0.3) is 11.1 Å². The lowest BCUT2D eigenvalue weighted by atomic mass is 9.85. The van der Waals surface area contributed by atoms with Gasteiger partial charge in [0, 0.05) is 24.6 Å². The number of rotatable bonds is 3. The van der Waals surface area contributed by atoms with Gasteiger partial charge in [0.1, 0.15) is 16.8 Å². The van der Waals surface area contributed by atoms with Gasteiger partial charge in [0.15, 0.2) is 0 Å². The molecule has 1 saturated carbocycles. The van der Waals surface area contributed by atoms with Gasteiger partial charge in [-0.25, -0.2) is 4.98 Å². The van der Waals surface area contributed by atoms with Crippen molar-refractivity contribution in [1.29, 1.82) is 5.26 Å². The van der Waals surface area contributed by atoms with Gasteiger partial charge in [0.05, 0.1) is 11.3 Å². The molecule has 0 aliphatic heterocycles. The monoisotopic (exact) mass is 381 g/mol. The number of halogens is 1. The van der Waals surface area contributed by atoms with E-state index in [1.807, 2.05) is 12.1 Å². The molecule has 0 aromatic carbocycles. The highest BCUT2D eigenvalue weighted by Crippen LogP contribution is 2.45. The Morgan fingerprint density at radius 2 is 1.93 bits per heavy atom. The predicted molar refractivity (Wildman–Crippen MR) is 106 cm³/mol.